The number of fused-ring (bicyclic) bond motifs is 2. The van der Waals surface area contributed by atoms with E-state index in [4.69, 9.17) is 4.74 Å². The van der Waals surface area contributed by atoms with E-state index in [1.54, 1.807) is 0 Å². The Hall–Kier alpha value is -2.09. The molecule has 1 aromatic carbocycles. The van der Waals surface area contributed by atoms with Crippen LogP contribution in [0.5, 0.6) is 5.75 Å². The third-order valence-electron chi connectivity index (χ3n) is 2.78. The third-order valence-corrected chi connectivity index (χ3v) is 2.78. The van der Waals surface area contributed by atoms with Gasteiger partial charge < -0.3 is 4.74 Å². The van der Waals surface area contributed by atoms with E-state index in [9.17, 15) is 0 Å². The van der Waals surface area contributed by atoms with Gasteiger partial charge in [-0.25, -0.2) is 0 Å². The van der Waals surface area contributed by atoms with Crippen LogP contribution in [0, 0.1) is 0 Å². The van der Waals surface area contributed by atoms with Crippen LogP contribution in [-0.2, 0) is 0 Å². The number of rotatable bonds is 0. The molecule has 0 unspecified atom stereocenters. The van der Waals surface area contributed by atoms with E-state index >= 15 is 0 Å². The molecule has 1 aromatic rings. The summed E-state index contributed by atoms with van der Waals surface area (Å²) in [5.74, 6) is 1.80. The molecule has 1 aliphatic heterocycles. The number of para-hydroxylation sites is 2. The van der Waals surface area contributed by atoms with Gasteiger partial charge in [-0.2, -0.15) is 4.58 Å². The lowest BCUT2D eigenvalue weighted by molar-refractivity contribution is -0.408. The molecule has 0 radical (unpaired) electrons. The molecule has 0 amide bonds. The summed E-state index contributed by atoms with van der Waals surface area (Å²) >= 11 is 0. The maximum absolute atomic E-state index is 5.87. The molecule has 2 heteroatoms. The van der Waals surface area contributed by atoms with Gasteiger partial charge in [-0.3, -0.25) is 0 Å². The highest BCUT2D eigenvalue weighted by atomic mass is 16.5. The molecule has 78 valence electrons. The van der Waals surface area contributed by atoms with E-state index in [2.05, 4.69) is 23.8 Å². The molecule has 3 rings (SSSR count). The van der Waals surface area contributed by atoms with Crippen LogP contribution in [0.2, 0.25) is 0 Å². The predicted octanol–water partition coefficient (Wildman–Crippen LogP) is 2.80. The van der Waals surface area contributed by atoms with Gasteiger partial charge in [0.15, 0.2) is 11.5 Å². The van der Waals surface area contributed by atoms with E-state index in [1.165, 1.54) is 0 Å². The number of benzene rings is 1. The van der Waals surface area contributed by atoms with Gasteiger partial charge in [-0.05, 0) is 12.1 Å². The quantitative estimate of drug-likeness (QED) is 0.600. The predicted molar refractivity (Wildman–Crippen MR) is 64.3 cm³/mol. The lowest BCUT2D eigenvalue weighted by Crippen LogP contribution is -2.21. The minimum absolute atomic E-state index is 0.895. The molecule has 0 aromatic heterocycles. The summed E-state index contributed by atoms with van der Waals surface area (Å²) in [6, 6.07) is 8.06. The van der Waals surface area contributed by atoms with Crippen molar-refractivity contribution in [2.75, 3.05) is 7.05 Å². The largest absolute Gasteiger partial charge is 0.443 e. The summed E-state index contributed by atoms with van der Waals surface area (Å²) in [5.41, 5.74) is 2.19. The highest BCUT2D eigenvalue weighted by molar-refractivity contribution is 6.05. The van der Waals surface area contributed by atoms with Crippen molar-refractivity contribution in [3.63, 3.8) is 0 Å². The van der Waals surface area contributed by atoms with Crippen molar-refractivity contribution >= 4 is 11.4 Å². The minimum atomic E-state index is 0.895. The first-order valence-electron chi connectivity index (χ1n) is 5.29. The summed E-state index contributed by atoms with van der Waals surface area (Å²) in [5, 5.41) is 0. The Morgan fingerprint density at radius 2 is 1.94 bits per heavy atom. The minimum Gasteiger partial charge on any atom is -0.443 e. The second-order valence-electron chi connectivity index (χ2n) is 3.79. The highest BCUT2D eigenvalue weighted by Crippen LogP contribution is 2.32. The SMILES string of the molecule is C[N+]1=C2C=CC=CC=C2Oc2ccccc21. The van der Waals surface area contributed by atoms with Gasteiger partial charge in [-0.1, -0.05) is 30.4 Å². The first-order valence-corrected chi connectivity index (χ1v) is 5.29. The maximum atomic E-state index is 5.87. The van der Waals surface area contributed by atoms with Crippen LogP contribution in [-0.4, -0.2) is 17.3 Å². The first-order chi connectivity index (χ1) is 7.86. The summed E-state index contributed by atoms with van der Waals surface area (Å²) in [7, 11) is 2.06. The zero-order chi connectivity index (χ0) is 11.0. The van der Waals surface area contributed by atoms with Gasteiger partial charge in [-0.15, -0.1) is 0 Å². The van der Waals surface area contributed by atoms with Crippen LogP contribution in [0.3, 0.4) is 0 Å². The van der Waals surface area contributed by atoms with Gasteiger partial charge in [0.05, 0.1) is 0 Å². The topological polar surface area (TPSA) is 12.2 Å². The molecule has 16 heavy (non-hydrogen) atoms. The van der Waals surface area contributed by atoms with Crippen LogP contribution < -0.4 is 4.74 Å². The van der Waals surface area contributed by atoms with E-state index in [0.29, 0.717) is 0 Å². The van der Waals surface area contributed by atoms with Gasteiger partial charge in [0, 0.05) is 12.1 Å². The third kappa shape index (κ3) is 1.31. The number of ether oxygens (including phenoxy) is 1. The second kappa shape index (κ2) is 3.49. The van der Waals surface area contributed by atoms with Crippen LogP contribution in [0.15, 0.2) is 60.4 Å². The summed E-state index contributed by atoms with van der Waals surface area (Å²) in [6.07, 6.45) is 10.1. The Kier molecular flexibility index (Phi) is 2.00. The molecule has 1 aliphatic carbocycles. The molecule has 2 aliphatic rings. The molecule has 0 bridgehead atoms. The molecule has 1 heterocycles. The Labute approximate surface area is 94.5 Å². The summed E-state index contributed by atoms with van der Waals surface area (Å²) in [6.45, 7) is 0. The molecule has 2 nitrogen and oxygen atoms in total. The molecule has 0 fully saturated rings. The molecule has 0 saturated carbocycles. The van der Waals surface area contributed by atoms with Crippen molar-refractivity contribution in [3.8, 4) is 5.75 Å². The average molecular weight is 210 g/mol. The van der Waals surface area contributed by atoms with Crippen molar-refractivity contribution < 1.29 is 9.31 Å². The van der Waals surface area contributed by atoms with Crippen molar-refractivity contribution in [1.29, 1.82) is 0 Å². The molecular weight excluding hydrogens is 198 g/mol. The fraction of sp³-hybridized carbons (Fsp3) is 0.0714. The normalized spacial score (nSPS) is 17.2. The lowest BCUT2D eigenvalue weighted by Gasteiger charge is -2.15. The number of nitrogens with zero attached hydrogens (tertiary/aromatic N) is 1. The average Bonchev–Trinajstić information content (AvgIpc) is 2.55. The number of allylic oxidation sites excluding steroid dienone is 5. The van der Waals surface area contributed by atoms with Crippen molar-refractivity contribution in [3.05, 3.63) is 60.4 Å². The molecule has 0 atom stereocenters. The summed E-state index contributed by atoms with van der Waals surface area (Å²) < 4.78 is 8.01. The van der Waals surface area contributed by atoms with Crippen LogP contribution >= 0.6 is 0 Å². The Morgan fingerprint density at radius 3 is 2.88 bits per heavy atom. The number of hydrogen-bond donors (Lipinski definition) is 0. The van der Waals surface area contributed by atoms with Gasteiger partial charge >= 0.3 is 0 Å². The van der Waals surface area contributed by atoms with Crippen molar-refractivity contribution in [1.82, 2.24) is 0 Å². The van der Waals surface area contributed by atoms with E-state index in [-0.39, 0.29) is 0 Å². The second-order valence-corrected chi connectivity index (χ2v) is 3.79. The van der Waals surface area contributed by atoms with Gasteiger partial charge in [0.1, 0.15) is 7.05 Å². The fourth-order valence-corrected chi connectivity index (χ4v) is 1.95. The Morgan fingerprint density at radius 1 is 1.06 bits per heavy atom. The maximum Gasteiger partial charge on any atom is 0.248 e. The smallest absolute Gasteiger partial charge is 0.248 e. The van der Waals surface area contributed by atoms with Crippen LogP contribution in [0.25, 0.3) is 0 Å². The number of hydrogen-bond acceptors (Lipinski definition) is 1. The van der Waals surface area contributed by atoms with Crippen molar-refractivity contribution in [2.24, 2.45) is 0 Å². The molecule has 0 saturated heterocycles. The van der Waals surface area contributed by atoms with E-state index < -0.39 is 0 Å². The Bertz CT molecular complexity index is 562. The van der Waals surface area contributed by atoms with Gasteiger partial charge in [0.25, 0.3) is 0 Å². The van der Waals surface area contributed by atoms with Gasteiger partial charge in [0.2, 0.25) is 11.4 Å². The van der Waals surface area contributed by atoms with Crippen molar-refractivity contribution in [2.45, 2.75) is 0 Å². The van der Waals surface area contributed by atoms with Crippen LogP contribution in [0.4, 0.5) is 5.69 Å². The highest BCUT2D eigenvalue weighted by Gasteiger charge is 2.27. The summed E-state index contributed by atoms with van der Waals surface area (Å²) in [4.78, 5) is 0. The standard InChI is InChI=1S/C14H12NO/c1-15-11-7-3-2-4-9-13(11)16-14-10-6-5-8-12(14)15/h2-10H,1H3/q+1. The zero-order valence-corrected chi connectivity index (χ0v) is 9.05. The Balaban J connectivity index is 2.26. The first kappa shape index (κ1) is 9.16. The molecule has 0 N–H and O–H groups in total. The molecule has 0 spiro atoms. The monoisotopic (exact) mass is 210 g/mol. The van der Waals surface area contributed by atoms with E-state index in [1.807, 2.05) is 42.5 Å². The fourth-order valence-electron chi connectivity index (χ4n) is 1.95. The zero-order valence-electron chi connectivity index (χ0n) is 9.05. The lowest BCUT2D eigenvalue weighted by atomic mass is 10.2. The van der Waals surface area contributed by atoms with E-state index in [0.717, 1.165) is 22.9 Å². The van der Waals surface area contributed by atoms with Crippen LogP contribution in [0.1, 0.15) is 0 Å². The molecular formula is C14H12NO+.